The first-order valence-electron chi connectivity index (χ1n) is 11.1. The van der Waals surface area contributed by atoms with Gasteiger partial charge < -0.3 is 4.90 Å². The van der Waals surface area contributed by atoms with Gasteiger partial charge in [0.1, 0.15) is 5.82 Å². The molecule has 0 aliphatic carbocycles. The Hall–Kier alpha value is -2.64. The summed E-state index contributed by atoms with van der Waals surface area (Å²) in [6.07, 6.45) is 0. The van der Waals surface area contributed by atoms with E-state index in [1.807, 2.05) is 4.90 Å². The van der Waals surface area contributed by atoms with Gasteiger partial charge in [-0.05, 0) is 11.1 Å². The minimum absolute atomic E-state index is 0.0831. The number of carbonyl (C=O) groups excluding carboxylic acids is 1. The standard InChI is InChI=1S/C25H31N5OS/c1-25(2,3)23-26-24(28-27-23)32-18-21(31)29-14-16-30(17-15-29)22(19-10-6-4-7-11-19)20-12-8-5-9-13-20/h4-13,22H,14-18H2,1-3H3,(H,26,27,28). The molecule has 2 heterocycles. The number of nitrogens with one attached hydrogen (secondary N) is 1. The maximum Gasteiger partial charge on any atom is 0.233 e. The van der Waals surface area contributed by atoms with E-state index in [1.165, 1.54) is 22.9 Å². The fourth-order valence-electron chi connectivity index (χ4n) is 3.98. The molecule has 4 rings (SSSR count). The smallest absolute Gasteiger partial charge is 0.233 e. The molecule has 1 N–H and O–H groups in total. The lowest BCUT2D eigenvalue weighted by molar-refractivity contribution is -0.130. The van der Waals surface area contributed by atoms with Gasteiger partial charge in [0.15, 0.2) is 0 Å². The molecule has 0 bridgehead atoms. The Balaban J connectivity index is 1.36. The van der Waals surface area contributed by atoms with Gasteiger partial charge in [0.2, 0.25) is 11.1 Å². The van der Waals surface area contributed by atoms with Crippen molar-refractivity contribution in [1.29, 1.82) is 0 Å². The third kappa shape index (κ3) is 5.40. The van der Waals surface area contributed by atoms with E-state index in [9.17, 15) is 4.79 Å². The number of carbonyl (C=O) groups is 1. The number of thioether (sulfide) groups is 1. The molecular formula is C25H31N5OS. The molecule has 1 aliphatic heterocycles. The van der Waals surface area contributed by atoms with Gasteiger partial charge in [0.05, 0.1) is 11.8 Å². The van der Waals surface area contributed by atoms with Crippen molar-refractivity contribution in [2.75, 3.05) is 31.9 Å². The Morgan fingerprint density at radius 1 is 0.969 bits per heavy atom. The fourth-order valence-corrected chi connectivity index (χ4v) is 4.68. The molecule has 168 valence electrons. The highest BCUT2D eigenvalue weighted by Gasteiger charge is 2.28. The van der Waals surface area contributed by atoms with Crippen LogP contribution in [0.1, 0.15) is 43.8 Å². The summed E-state index contributed by atoms with van der Waals surface area (Å²) in [5, 5.41) is 7.87. The van der Waals surface area contributed by atoms with Crippen molar-refractivity contribution >= 4 is 17.7 Å². The highest BCUT2D eigenvalue weighted by atomic mass is 32.2. The van der Waals surface area contributed by atoms with Crippen LogP contribution >= 0.6 is 11.8 Å². The van der Waals surface area contributed by atoms with E-state index < -0.39 is 0 Å². The number of hydrogen-bond donors (Lipinski definition) is 1. The number of piperazine rings is 1. The zero-order chi connectivity index (χ0) is 22.6. The van der Waals surface area contributed by atoms with Crippen LogP contribution in [0.25, 0.3) is 0 Å². The summed E-state index contributed by atoms with van der Waals surface area (Å²) in [4.78, 5) is 21.8. The number of aromatic amines is 1. The van der Waals surface area contributed by atoms with Gasteiger partial charge >= 0.3 is 0 Å². The van der Waals surface area contributed by atoms with Crippen molar-refractivity contribution in [2.24, 2.45) is 0 Å². The summed E-state index contributed by atoms with van der Waals surface area (Å²) in [7, 11) is 0. The molecule has 0 spiro atoms. The highest BCUT2D eigenvalue weighted by Crippen LogP contribution is 2.29. The topological polar surface area (TPSA) is 65.1 Å². The van der Waals surface area contributed by atoms with Crippen LogP contribution in [0.15, 0.2) is 65.8 Å². The molecule has 2 aromatic carbocycles. The minimum atomic E-state index is -0.0831. The molecule has 1 amide bonds. The molecular weight excluding hydrogens is 418 g/mol. The van der Waals surface area contributed by atoms with Crippen molar-refractivity contribution < 1.29 is 4.79 Å². The SMILES string of the molecule is CC(C)(C)c1nc(SCC(=O)N2CCN(C(c3ccccc3)c3ccccc3)CC2)n[nH]1. The first-order chi connectivity index (χ1) is 15.4. The number of amides is 1. The van der Waals surface area contributed by atoms with E-state index in [2.05, 4.69) is 102 Å². The predicted octanol–water partition coefficient (Wildman–Crippen LogP) is 4.13. The van der Waals surface area contributed by atoms with Crippen LogP contribution in [0.4, 0.5) is 0 Å². The second-order valence-corrected chi connectivity index (χ2v) is 10.1. The van der Waals surface area contributed by atoms with Crippen LogP contribution in [0.3, 0.4) is 0 Å². The van der Waals surface area contributed by atoms with E-state index in [4.69, 9.17) is 0 Å². The van der Waals surface area contributed by atoms with Gasteiger partial charge in [-0.25, -0.2) is 4.98 Å². The van der Waals surface area contributed by atoms with Crippen molar-refractivity contribution in [3.8, 4) is 0 Å². The average Bonchev–Trinajstić information content (AvgIpc) is 3.29. The quantitative estimate of drug-likeness (QED) is 0.573. The number of aromatic nitrogens is 3. The van der Waals surface area contributed by atoms with Crippen molar-refractivity contribution in [1.82, 2.24) is 25.0 Å². The van der Waals surface area contributed by atoms with Crippen molar-refractivity contribution in [3.63, 3.8) is 0 Å². The second kappa shape index (κ2) is 9.88. The molecule has 0 radical (unpaired) electrons. The summed E-state index contributed by atoms with van der Waals surface area (Å²) in [5.74, 6) is 1.35. The summed E-state index contributed by atoms with van der Waals surface area (Å²) in [6, 6.07) is 21.4. The molecule has 1 saturated heterocycles. The number of nitrogens with zero attached hydrogens (tertiary/aromatic N) is 4. The maximum atomic E-state index is 12.8. The first-order valence-corrected chi connectivity index (χ1v) is 12.1. The Morgan fingerprint density at radius 2 is 1.53 bits per heavy atom. The summed E-state index contributed by atoms with van der Waals surface area (Å²) < 4.78 is 0. The molecule has 1 aromatic heterocycles. The van der Waals surface area contributed by atoms with E-state index in [-0.39, 0.29) is 17.4 Å². The zero-order valence-electron chi connectivity index (χ0n) is 19.0. The van der Waals surface area contributed by atoms with E-state index >= 15 is 0 Å². The Bertz CT molecular complexity index is 968. The predicted molar refractivity (Wildman–Crippen MR) is 129 cm³/mol. The first kappa shape index (κ1) is 22.6. The molecule has 0 saturated carbocycles. The molecule has 0 unspecified atom stereocenters. The van der Waals surface area contributed by atoms with Crippen LogP contribution in [-0.2, 0) is 10.2 Å². The molecule has 7 heteroatoms. The van der Waals surface area contributed by atoms with Gasteiger partial charge in [-0.15, -0.1) is 5.10 Å². The molecule has 6 nitrogen and oxygen atoms in total. The van der Waals surface area contributed by atoms with Gasteiger partial charge in [0, 0.05) is 31.6 Å². The van der Waals surface area contributed by atoms with Crippen molar-refractivity contribution in [3.05, 3.63) is 77.6 Å². The van der Waals surface area contributed by atoms with Gasteiger partial charge in [0.25, 0.3) is 0 Å². The lowest BCUT2D eigenvalue weighted by Crippen LogP contribution is -2.50. The van der Waals surface area contributed by atoms with Crippen LogP contribution in [0.5, 0.6) is 0 Å². The van der Waals surface area contributed by atoms with Crippen LogP contribution < -0.4 is 0 Å². The minimum Gasteiger partial charge on any atom is -0.339 e. The molecule has 0 atom stereocenters. The highest BCUT2D eigenvalue weighted by molar-refractivity contribution is 7.99. The van der Waals surface area contributed by atoms with Crippen LogP contribution in [0.2, 0.25) is 0 Å². The molecule has 1 fully saturated rings. The second-order valence-electron chi connectivity index (χ2n) is 9.15. The fraction of sp³-hybridized carbons (Fsp3) is 0.400. The van der Waals surface area contributed by atoms with Gasteiger partial charge in [-0.2, -0.15) is 0 Å². The van der Waals surface area contributed by atoms with Crippen LogP contribution in [0, 0.1) is 0 Å². The average molecular weight is 450 g/mol. The normalized spacial score (nSPS) is 15.3. The number of H-pyrrole nitrogens is 1. The van der Waals surface area contributed by atoms with E-state index in [1.54, 1.807) is 0 Å². The van der Waals surface area contributed by atoms with Crippen LogP contribution in [-0.4, -0.2) is 62.8 Å². The monoisotopic (exact) mass is 449 g/mol. The third-order valence-electron chi connectivity index (χ3n) is 5.76. The van der Waals surface area contributed by atoms with Gasteiger partial charge in [-0.1, -0.05) is 93.2 Å². The Kier molecular flexibility index (Phi) is 6.96. The summed E-state index contributed by atoms with van der Waals surface area (Å²) >= 11 is 1.40. The molecule has 1 aliphatic rings. The lowest BCUT2D eigenvalue weighted by Gasteiger charge is -2.39. The zero-order valence-corrected chi connectivity index (χ0v) is 19.8. The number of rotatable bonds is 6. The van der Waals surface area contributed by atoms with Crippen molar-refractivity contribution in [2.45, 2.75) is 37.4 Å². The summed E-state index contributed by atoms with van der Waals surface area (Å²) in [5.41, 5.74) is 2.49. The summed E-state index contributed by atoms with van der Waals surface area (Å²) in [6.45, 7) is 9.42. The largest absolute Gasteiger partial charge is 0.339 e. The molecule has 3 aromatic rings. The number of benzene rings is 2. The lowest BCUT2D eigenvalue weighted by atomic mass is 9.96. The Morgan fingerprint density at radius 3 is 2.03 bits per heavy atom. The third-order valence-corrected chi connectivity index (χ3v) is 6.59. The molecule has 32 heavy (non-hydrogen) atoms. The maximum absolute atomic E-state index is 12.8. The van der Waals surface area contributed by atoms with Gasteiger partial charge in [-0.3, -0.25) is 14.8 Å². The van der Waals surface area contributed by atoms with E-state index in [0.717, 1.165) is 32.0 Å². The van der Waals surface area contributed by atoms with E-state index in [0.29, 0.717) is 10.9 Å². The number of hydrogen-bond acceptors (Lipinski definition) is 5. The Labute approximate surface area is 194 Å².